The number of nitrogens with one attached hydrogen (secondary N) is 1. The molecule has 238 valence electrons. The second-order valence-electron chi connectivity index (χ2n) is 14.4. The normalized spacial score (nSPS) is 25.6. The number of ether oxygens (including phenoxy) is 1. The first kappa shape index (κ1) is 29.5. The Bertz CT molecular complexity index is 1630. The number of rotatable bonds is 5. The lowest BCUT2D eigenvalue weighted by Gasteiger charge is -2.41. The predicted octanol–water partition coefficient (Wildman–Crippen LogP) is 4.86. The molecule has 2 aliphatic heterocycles. The summed E-state index contributed by atoms with van der Waals surface area (Å²) in [6.45, 7) is 6.55. The van der Waals surface area contributed by atoms with Crippen LogP contribution in [0.1, 0.15) is 86.2 Å². The molecule has 4 aliphatic rings. The molecule has 3 amide bonds. The van der Waals surface area contributed by atoms with Crippen LogP contribution in [-0.2, 0) is 4.74 Å². The number of fused-ring (bicyclic) bond motifs is 5. The molecule has 5 atom stereocenters. The van der Waals surface area contributed by atoms with Crippen molar-refractivity contribution in [1.82, 2.24) is 34.2 Å². The number of anilines is 2. The number of amides is 3. The Kier molecular flexibility index (Phi) is 7.20. The van der Waals surface area contributed by atoms with Crippen LogP contribution in [0.4, 0.5) is 16.6 Å². The van der Waals surface area contributed by atoms with Crippen LogP contribution in [0, 0.1) is 11.8 Å². The van der Waals surface area contributed by atoms with E-state index in [1.165, 1.54) is 19.3 Å². The van der Waals surface area contributed by atoms with Crippen molar-refractivity contribution in [1.29, 1.82) is 0 Å². The lowest BCUT2D eigenvalue weighted by atomic mass is 9.95. The Morgan fingerprint density at radius 1 is 0.978 bits per heavy atom. The van der Waals surface area contributed by atoms with E-state index in [9.17, 15) is 14.4 Å². The maximum atomic E-state index is 13.4. The van der Waals surface area contributed by atoms with Crippen molar-refractivity contribution in [3.05, 3.63) is 41.9 Å². The number of nitrogens with zero attached hydrogens (tertiary/aromatic N) is 7. The van der Waals surface area contributed by atoms with Crippen molar-refractivity contribution in [3.63, 3.8) is 0 Å². The highest BCUT2D eigenvalue weighted by atomic mass is 16.6. The maximum absolute atomic E-state index is 13.4. The highest BCUT2D eigenvalue weighted by Gasteiger charge is 2.46. The maximum Gasteiger partial charge on any atom is 0.410 e. The van der Waals surface area contributed by atoms with Crippen LogP contribution in [0.2, 0.25) is 0 Å². The van der Waals surface area contributed by atoms with Crippen LogP contribution >= 0.6 is 0 Å². The highest BCUT2D eigenvalue weighted by molar-refractivity contribution is 5.98. The number of carbonyl (C=O) groups is 3. The van der Waals surface area contributed by atoms with Gasteiger partial charge in [0.25, 0.3) is 11.8 Å². The molecule has 5 heterocycles. The van der Waals surface area contributed by atoms with Crippen LogP contribution in [0.3, 0.4) is 0 Å². The summed E-state index contributed by atoms with van der Waals surface area (Å²) >= 11 is 0. The Morgan fingerprint density at radius 3 is 2.33 bits per heavy atom. The molecule has 45 heavy (non-hydrogen) atoms. The molecule has 2 aliphatic carbocycles. The number of aromatic nitrogens is 4. The van der Waals surface area contributed by atoms with Crippen molar-refractivity contribution in [2.75, 3.05) is 32.5 Å². The van der Waals surface area contributed by atoms with Gasteiger partial charge in [-0.2, -0.15) is 4.98 Å². The van der Waals surface area contributed by atoms with Crippen LogP contribution in [0.25, 0.3) is 11.0 Å². The van der Waals surface area contributed by atoms with Crippen molar-refractivity contribution in [2.24, 2.45) is 11.8 Å². The van der Waals surface area contributed by atoms with Gasteiger partial charge in [-0.3, -0.25) is 14.5 Å². The molecule has 1 N–H and O–H groups in total. The van der Waals surface area contributed by atoms with E-state index in [0.29, 0.717) is 47.9 Å². The molecule has 0 spiro atoms. The van der Waals surface area contributed by atoms with Gasteiger partial charge in [0.05, 0.1) is 17.6 Å². The standard InChI is InChI=1S/C33H42N8O4/c1-33(2,3)45-32(44)40-23-9-10-24(40)18-39(17-23)29(42)21-8-11-27(34-15-21)36-31-35-16-22-14-26(30(43)38(4)5)41(28(22)37-31)25-13-19-6-7-20(25)12-19/h8,11,14-16,19-20,23-25H,6-7,9-10,12-13,17-18H2,1-5H3,(H,34,35,36,37)/t19-,20+,23?,24?,25?/m0/s1. The van der Waals surface area contributed by atoms with E-state index in [1.54, 1.807) is 43.5 Å². The fraction of sp³-hybridized carbons (Fsp3) is 0.576. The van der Waals surface area contributed by atoms with E-state index in [-0.39, 0.29) is 36.0 Å². The second-order valence-corrected chi connectivity index (χ2v) is 14.4. The molecule has 2 saturated carbocycles. The molecule has 2 saturated heterocycles. The smallest absolute Gasteiger partial charge is 0.410 e. The Hall–Kier alpha value is -4.22. The number of pyridine rings is 1. The minimum Gasteiger partial charge on any atom is -0.444 e. The topological polar surface area (TPSA) is 126 Å². The first-order valence-corrected chi connectivity index (χ1v) is 16.1. The molecule has 4 bridgehead atoms. The quantitative estimate of drug-likeness (QED) is 0.432. The van der Waals surface area contributed by atoms with Gasteiger partial charge in [-0.15, -0.1) is 0 Å². The second kappa shape index (κ2) is 11.0. The average Bonchev–Trinajstić information content (AvgIpc) is 3.77. The Balaban J connectivity index is 1.07. The predicted molar refractivity (Wildman–Crippen MR) is 168 cm³/mol. The molecule has 3 aromatic heterocycles. The van der Waals surface area contributed by atoms with Gasteiger partial charge in [0.1, 0.15) is 22.8 Å². The van der Waals surface area contributed by atoms with E-state index in [4.69, 9.17) is 9.72 Å². The monoisotopic (exact) mass is 614 g/mol. The average molecular weight is 615 g/mol. The molecule has 12 nitrogen and oxygen atoms in total. The van der Waals surface area contributed by atoms with E-state index in [0.717, 1.165) is 30.3 Å². The van der Waals surface area contributed by atoms with Crippen LogP contribution in [-0.4, -0.2) is 97.0 Å². The summed E-state index contributed by atoms with van der Waals surface area (Å²) in [5.41, 5.74) is 1.33. The third-order valence-corrected chi connectivity index (χ3v) is 9.86. The van der Waals surface area contributed by atoms with Gasteiger partial charge in [0.15, 0.2) is 0 Å². The van der Waals surface area contributed by atoms with Gasteiger partial charge >= 0.3 is 6.09 Å². The molecular formula is C33H42N8O4. The van der Waals surface area contributed by atoms with Gasteiger partial charge in [-0.1, -0.05) is 6.42 Å². The molecule has 0 radical (unpaired) electrons. The number of piperazine rings is 1. The highest BCUT2D eigenvalue weighted by Crippen LogP contribution is 2.52. The fourth-order valence-corrected chi connectivity index (χ4v) is 7.90. The SMILES string of the molecule is CN(C)C(=O)c1cc2cnc(Nc3ccc(C(=O)N4CC5CCC(C4)N5C(=O)OC(C)(C)C)cn3)nc2n1C1C[C@H]2CC[C@@H]1C2. The molecule has 3 aromatic rings. The summed E-state index contributed by atoms with van der Waals surface area (Å²) < 4.78 is 7.78. The fourth-order valence-electron chi connectivity index (χ4n) is 7.90. The summed E-state index contributed by atoms with van der Waals surface area (Å²) in [6, 6.07) is 5.58. The lowest BCUT2D eigenvalue weighted by Crippen LogP contribution is -2.57. The summed E-state index contributed by atoms with van der Waals surface area (Å²) in [4.78, 5) is 58.6. The summed E-state index contributed by atoms with van der Waals surface area (Å²) in [7, 11) is 3.55. The van der Waals surface area contributed by atoms with Gasteiger partial charge in [0, 0.05) is 51.0 Å². The minimum atomic E-state index is -0.560. The molecule has 12 heteroatoms. The third kappa shape index (κ3) is 5.48. The zero-order chi connectivity index (χ0) is 31.6. The van der Waals surface area contributed by atoms with E-state index < -0.39 is 5.60 Å². The Morgan fingerprint density at radius 2 is 1.73 bits per heavy atom. The van der Waals surface area contributed by atoms with Crippen LogP contribution in [0.15, 0.2) is 30.6 Å². The molecule has 4 fully saturated rings. The zero-order valence-electron chi connectivity index (χ0n) is 26.7. The van der Waals surface area contributed by atoms with Gasteiger partial charge in [-0.05, 0) is 82.9 Å². The number of likely N-dealkylation sites (tertiary alicyclic amines) is 1. The van der Waals surface area contributed by atoms with Crippen molar-refractivity contribution >= 4 is 40.7 Å². The van der Waals surface area contributed by atoms with E-state index in [2.05, 4.69) is 19.9 Å². The molecule has 3 unspecified atom stereocenters. The number of hydrogen-bond acceptors (Lipinski definition) is 8. The van der Waals surface area contributed by atoms with Gasteiger partial charge in [0.2, 0.25) is 5.95 Å². The van der Waals surface area contributed by atoms with E-state index in [1.807, 2.05) is 36.6 Å². The van der Waals surface area contributed by atoms with Crippen molar-refractivity contribution in [2.45, 2.75) is 83.0 Å². The number of carbonyl (C=O) groups excluding carboxylic acids is 3. The third-order valence-electron chi connectivity index (χ3n) is 9.86. The first-order chi connectivity index (χ1) is 21.4. The molecule has 0 aromatic carbocycles. The van der Waals surface area contributed by atoms with Crippen molar-refractivity contribution < 1.29 is 19.1 Å². The Labute approximate surface area is 263 Å². The van der Waals surface area contributed by atoms with Crippen LogP contribution < -0.4 is 5.32 Å². The van der Waals surface area contributed by atoms with E-state index >= 15 is 0 Å². The first-order valence-electron chi connectivity index (χ1n) is 16.1. The summed E-state index contributed by atoms with van der Waals surface area (Å²) in [5, 5.41) is 4.03. The summed E-state index contributed by atoms with van der Waals surface area (Å²) in [6.07, 6.45) is 9.48. The summed E-state index contributed by atoms with van der Waals surface area (Å²) in [5.74, 6) is 2.04. The minimum absolute atomic E-state index is 0.0357. The van der Waals surface area contributed by atoms with Gasteiger partial charge < -0.3 is 24.4 Å². The number of hydrogen-bond donors (Lipinski definition) is 1. The zero-order valence-corrected chi connectivity index (χ0v) is 26.7. The van der Waals surface area contributed by atoms with Crippen LogP contribution in [0.5, 0.6) is 0 Å². The molecule has 7 rings (SSSR count). The molecular weight excluding hydrogens is 572 g/mol. The largest absolute Gasteiger partial charge is 0.444 e. The lowest BCUT2D eigenvalue weighted by molar-refractivity contribution is -0.00336. The van der Waals surface area contributed by atoms with Crippen molar-refractivity contribution in [3.8, 4) is 0 Å². The van der Waals surface area contributed by atoms with Gasteiger partial charge in [-0.25, -0.2) is 14.8 Å².